The van der Waals surface area contributed by atoms with Crippen molar-refractivity contribution in [2.24, 2.45) is 0 Å². The van der Waals surface area contributed by atoms with Crippen LogP contribution in [0.5, 0.6) is 0 Å². The van der Waals surface area contributed by atoms with E-state index in [9.17, 15) is 9.59 Å². The Morgan fingerprint density at radius 2 is 1.37 bits per heavy atom. The fourth-order valence-corrected chi connectivity index (χ4v) is 4.43. The quantitative estimate of drug-likeness (QED) is 0.264. The monoisotopic (exact) mass is 544 g/mol. The van der Waals surface area contributed by atoms with Crippen molar-refractivity contribution in [2.75, 3.05) is 0 Å². The van der Waals surface area contributed by atoms with Crippen LogP contribution in [-0.4, -0.2) is 31.9 Å². The van der Waals surface area contributed by atoms with Crippen molar-refractivity contribution in [3.05, 3.63) is 120 Å². The Balaban J connectivity index is 1.21. The van der Waals surface area contributed by atoms with Gasteiger partial charge in [0.05, 0.1) is 22.8 Å². The molecule has 10 nitrogen and oxygen atoms in total. The first kappa shape index (κ1) is 25.5. The number of hydrazine groups is 1. The Morgan fingerprint density at radius 3 is 2.02 bits per heavy atom. The van der Waals surface area contributed by atoms with Crippen LogP contribution in [0.1, 0.15) is 32.2 Å². The largest absolute Gasteiger partial charge is 0.361 e. The number of nitrogens with zero attached hydrogens (tertiary/aromatic N) is 4. The van der Waals surface area contributed by atoms with Crippen molar-refractivity contribution in [3.8, 4) is 39.7 Å². The van der Waals surface area contributed by atoms with Crippen molar-refractivity contribution in [1.29, 1.82) is 0 Å². The van der Waals surface area contributed by atoms with Crippen molar-refractivity contribution in [3.63, 3.8) is 0 Å². The van der Waals surface area contributed by atoms with Crippen molar-refractivity contribution < 1.29 is 18.6 Å². The maximum absolute atomic E-state index is 12.9. The maximum atomic E-state index is 12.9. The number of aromatic nitrogens is 4. The summed E-state index contributed by atoms with van der Waals surface area (Å²) < 4.78 is 12.2. The first-order valence-corrected chi connectivity index (χ1v) is 12.8. The molecule has 6 rings (SSSR count). The van der Waals surface area contributed by atoms with Gasteiger partial charge in [-0.3, -0.25) is 20.4 Å². The van der Waals surface area contributed by atoms with E-state index in [2.05, 4.69) is 21.2 Å². The lowest BCUT2D eigenvalue weighted by atomic mass is 10.1. The van der Waals surface area contributed by atoms with Crippen molar-refractivity contribution in [2.45, 2.75) is 13.8 Å². The molecule has 0 aliphatic rings. The number of hydrogen-bond acceptors (Lipinski definition) is 7. The van der Waals surface area contributed by atoms with Crippen LogP contribution in [0.25, 0.3) is 39.7 Å². The molecule has 2 N–H and O–H groups in total. The fourth-order valence-electron chi connectivity index (χ4n) is 4.43. The molecule has 3 aromatic carbocycles. The van der Waals surface area contributed by atoms with Crippen molar-refractivity contribution in [1.82, 2.24) is 30.9 Å². The number of carbonyl (C=O) groups excluding carboxylic acids is 2. The van der Waals surface area contributed by atoms with E-state index >= 15 is 0 Å². The van der Waals surface area contributed by atoms with Crippen LogP contribution >= 0.6 is 0 Å². The normalized spacial score (nSPS) is 10.9. The van der Waals surface area contributed by atoms with Crippen LogP contribution in [0.15, 0.2) is 106 Å². The molecule has 0 saturated heterocycles. The van der Waals surface area contributed by atoms with E-state index in [0.717, 1.165) is 28.2 Å². The summed E-state index contributed by atoms with van der Waals surface area (Å²) in [5.41, 5.74) is 10.6. The van der Waals surface area contributed by atoms with Gasteiger partial charge in [0.2, 0.25) is 5.76 Å². The molecule has 41 heavy (non-hydrogen) atoms. The Morgan fingerprint density at radius 1 is 0.707 bits per heavy atom. The van der Waals surface area contributed by atoms with E-state index in [1.165, 1.54) is 0 Å². The van der Waals surface area contributed by atoms with E-state index in [1.807, 2.05) is 71.4 Å². The Bertz CT molecular complexity index is 1840. The van der Waals surface area contributed by atoms with Crippen molar-refractivity contribution >= 4 is 11.8 Å². The molecule has 0 radical (unpaired) electrons. The van der Waals surface area contributed by atoms with Gasteiger partial charge in [-0.25, -0.2) is 4.68 Å². The summed E-state index contributed by atoms with van der Waals surface area (Å²) >= 11 is 0. The molecule has 0 fully saturated rings. The van der Waals surface area contributed by atoms with Crippen LogP contribution in [0.3, 0.4) is 0 Å². The summed E-state index contributed by atoms with van der Waals surface area (Å²) in [4.78, 5) is 25.8. The smallest absolute Gasteiger partial charge is 0.275 e. The molecule has 3 aromatic heterocycles. The van der Waals surface area contributed by atoms with Gasteiger partial charge in [0.1, 0.15) is 11.3 Å². The summed E-state index contributed by atoms with van der Waals surface area (Å²) in [6.45, 7) is 3.35. The van der Waals surface area contributed by atoms with Crippen LogP contribution in [0.4, 0.5) is 0 Å². The number of nitrogens with one attached hydrogen (secondary N) is 2. The molecule has 0 spiro atoms. The lowest BCUT2D eigenvalue weighted by Crippen LogP contribution is -2.41. The van der Waals surface area contributed by atoms with Gasteiger partial charge >= 0.3 is 0 Å². The van der Waals surface area contributed by atoms with E-state index in [4.69, 9.17) is 14.1 Å². The lowest BCUT2D eigenvalue weighted by molar-refractivity contribution is 0.0846. The topological polar surface area (TPSA) is 128 Å². The molecular weight excluding hydrogens is 520 g/mol. The average molecular weight is 545 g/mol. The average Bonchev–Trinajstić information content (AvgIpc) is 3.75. The minimum atomic E-state index is -0.596. The second-order valence-corrected chi connectivity index (χ2v) is 9.31. The Hall–Kier alpha value is -5.77. The summed E-state index contributed by atoms with van der Waals surface area (Å²) in [5, 5.41) is 12.6. The van der Waals surface area contributed by atoms with Gasteiger partial charge in [-0.05, 0) is 44.2 Å². The molecule has 0 unspecified atom stereocenters. The van der Waals surface area contributed by atoms with Crippen LogP contribution in [0.2, 0.25) is 0 Å². The highest BCUT2D eigenvalue weighted by Crippen LogP contribution is 2.29. The third-order valence-electron chi connectivity index (χ3n) is 6.46. The molecule has 6 aromatic rings. The Labute approximate surface area is 234 Å². The molecule has 0 bridgehead atoms. The van der Waals surface area contributed by atoms with Gasteiger partial charge < -0.3 is 9.05 Å². The fraction of sp³-hybridized carbons (Fsp3) is 0.0645. The zero-order valence-electron chi connectivity index (χ0n) is 22.2. The molecule has 2 amide bonds. The number of amides is 2. The molecule has 0 atom stereocenters. The van der Waals surface area contributed by atoms with Gasteiger partial charge in [0.15, 0.2) is 5.69 Å². The number of benzene rings is 3. The summed E-state index contributed by atoms with van der Waals surface area (Å²) in [6, 6.07) is 30.5. The summed E-state index contributed by atoms with van der Waals surface area (Å²) in [7, 11) is 0. The van der Waals surface area contributed by atoms with E-state index in [1.54, 1.807) is 44.2 Å². The zero-order valence-corrected chi connectivity index (χ0v) is 22.2. The lowest BCUT2D eigenvalue weighted by Gasteiger charge is -2.10. The molecule has 10 heteroatoms. The molecule has 0 saturated carbocycles. The van der Waals surface area contributed by atoms with E-state index < -0.39 is 11.8 Å². The maximum Gasteiger partial charge on any atom is 0.275 e. The second kappa shape index (κ2) is 10.8. The minimum absolute atomic E-state index is 0.148. The zero-order chi connectivity index (χ0) is 28.3. The second-order valence-electron chi connectivity index (χ2n) is 9.31. The van der Waals surface area contributed by atoms with Gasteiger partial charge in [0.25, 0.3) is 11.8 Å². The van der Waals surface area contributed by atoms with Gasteiger partial charge in [0, 0.05) is 22.8 Å². The molecule has 0 aliphatic carbocycles. The third-order valence-corrected chi connectivity index (χ3v) is 6.46. The molecular formula is C31H24N6O4. The first-order valence-electron chi connectivity index (χ1n) is 12.8. The SMILES string of the molecule is Cc1cc(-c2onc(C)c2C(=O)NNC(=O)c2ccc(-n3nc(-c4ccccc4)cc3-c3ccccc3)cc2)no1. The molecule has 3 heterocycles. The highest BCUT2D eigenvalue weighted by Gasteiger charge is 2.24. The Kier molecular flexibility index (Phi) is 6.70. The minimum Gasteiger partial charge on any atom is -0.361 e. The van der Waals surface area contributed by atoms with E-state index in [-0.39, 0.29) is 11.3 Å². The number of carbonyl (C=O) groups is 2. The predicted octanol–water partition coefficient (Wildman–Crippen LogP) is 5.54. The summed E-state index contributed by atoms with van der Waals surface area (Å²) in [6.07, 6.45) is 0. The number of rotatable bonds is 6. The van der Waals surface area contributed by atoms with Gasteiger partial charge in [-0.1, -0.05) is 71.0 Å². The van der Waals surface area contributed by atoms with E-state index in [0.29, 0.717) is 22.7 Å². The van der Waals surface area contributed by atoms with Gasteiger partial charge in [-0.15, -0.1) is 0 Å². The van der Waals surface area contributed by atoms with Crippen LogP contribution in [-0.2, 0) is 0 Å². The summed E-state index contributed by atoms with van der Waals surface area (Å²) in [5.74, 6) is -0.383. The molecule has 0 aliphatic heterocycles. The highest BCUT2D eigenvalue weighted by atomic mass is 16.5. The standard InChI is InChI=1S/C31H24N6O4/c1-19-17-26(36-40-19)29-28(20(2)35-41-29)31(39)33-32-30(38)23-13-15-24(16-14-23)37-27(22-11-7-4-8-12-22)18-25(34-37)21-9-5-3-6-10-21/h3-18H,1-2H3,(H,32,38)(H,33,39). The van der Waals surface area contributed by atoms with Gasteiger partial charge in [-0.2, -0.15) is 5.10 Å². The van der Waals surface area contributed by atoms with Crippen LogP contribution < -0.4 is 10.9 Å². The van der Waals surface area contributed by atoms with Crippen LogP contribution in [0, 0.1) is 13.8 Å². The number of hydrogen-bond donors (Lipinski definition) is 2. The third kappa shape index (κ3) is 5.13. The number of aryl methyl sites for hydroxylation is 2. The first-order chi connectivity index (χ1) is 20.0. The highest BCUT2D eigenvalue weighted by molar-refractivity contribution is 6.02. The molecule has 202 valence electrons. The predicted molar refractivity (Wildman–Crippen MR) is 151 cm³/mol.